The molecule has 2 saturated heterocycles. The summed E-state index contributed by atoms with van der Waals surface area (Å²) >= 11 is 0. The van der Waals surface area contributed by atoms with Crippen LogP contribution in [0.2, 0.25) is 0 Å². The van der Waals surface area contributed by atoms with Crippen LogP contribution in [-0.2, 0) is 4.79 Å². The first kappa shape index (κ1) is 14.6. The monoisotopic (exact) mass is 286 g/mol. The standard InChI is InChI=1S/C18H26N2O/c1-13-7-4-8-14(2)16(13)19-17(21)15(3)18-9-5-11-20(18)12-6-10-18/h4,7-8,15H,5-6,9-12H2,1-3H3,(H,19,21). The topological polar surface area (TPSA) is 32.3 Å². The molecule has 1 unspecified atom stereocenters. The Morgan fingerprint density at radius 1 is 1.19 bits per heavy atom. The fraction of sp³-hybridized carbons (Fsp3) is 0.611. The van der Waals surface area contributed by atoms with Gasteiger partial charge in [-0.05, 0) is 63.7 Å². The van der Waals surface area contributed by atoms with Gasteiger partial charge in [-0.25, -0.2) is 0 Å². The number of nitrogens with zero attached hydrogens (tertiary/aromatic N) is 1. The summed E-state index contributed by atoms with van der Waals surface area (Å²) in [6.07, 6.45) is 4.82. The Balaban J connectivity index is 1.79. The number of nitrogens with one attached hydrogen (secondary N) is 1. The van der Waals surface area contributed by atoms with Gasteiger partial charge >= 0.3 is 0 Å². The molecule has 2 fully saturated rings. The highest BCUT2D eigenvalue weighted by atomic mass is 16.2. The number of rotatable bonds is 3. The normalized spacial score (nSPS) is 22.0. The van der Waals surface area contributed by atoms with Crippen molar-refractivity contribution >= 4 is 11.6 Å². The van der Waals surface area contributed by atoms with Crippen molar-refractivity contribution in [1.82, 2.24) is 4.90 Å². The predicted octanol–water partition coefficient (Wildman–Crippen LogP) is 3.51. The number of aryl methyl sites for hydroxylation is 2. The Morgan fingerprint density at radius 3 is 2.33 bits per heavy atom. The second-order valence-corrected chi connectivity index (χ2v) is 6.78. The Morgan fingerprint density at radius 2 is 1.76 bits per heavy atom. The Hall–Kier alpha value is -1.35. The molecule has 0 aromatic heterocycles. The molecule has 1 aromatic carbocycles. The zero-order valence-electron chi connectivity index (χ0n) is 13.4. The molecule has 0 bridgehead atoms. The van der Waals surface area contributed by atoms with Crippen molar-refractivity contribution in [2.24, 2.45) is 5.92 Å². The summed E-state index contributed by atoms with van der Waals surface area (Å²) in [4.78, 5) is 15.4. The first-order valence-electron chi connectivity index (χ1n) is 8.17. The number of amides is 1. The third-order valence-corrected chi connectivity index (χ3v) is 5.63. The Labute approximate surface area is 127 Å². The molecule has 1 atom stereocenters. The maximum absolute atomic E-state index is 12.8. The van der Waals surface area contributed by atoms with E-state index in [4.69, 9.17) is 0 Å². The number of carbonyl (C=O) groups excluding carboxylic acids is 1. The Bertz CT molecular complexity index is 522. The predicted molar refractivity (Wildman–Crippen MR) is 86.5 cm³/mol. The van der Waals surface area contributed by atoms with E-state index >= 15 is 0 Å². The summed E-state index contributed by atoms with van der Waals surface area (Å²) < 4.78 is 0. The van der Waals surface area contributed by atoms with Crippen LogP contribution in [0, 0.1) is 19.8 Å². The molecular weight excluding hydrogens is 260 g/mol. The van der Waals surface area contributed by atoms with E-state index in [9.17, 15) is 4.79 Å². The van der Waals surface area contributed by atoms with Crippen molar-refractivity contribution in [2.45, 2.75) is 52.0 Å². The molecule has 0 spiro atoms. The highest BCUT2D eigenvalue weighted by Crippen LogP contribution is 2.44. The van der Waals surface area contributed by atoms with E-state index in [2.05, 4.69) is 43.1 Å². The number of carbonyl (C=O) groups is 1. The second kappa shape index (κ2) is 5.45. The third kappa shape index (κ3) is 2.38. The molecule has 21 heavy (non-hydrogen) atoms. The summed E-state index contributed by atoms with van der Waals surface area (Å²) in [5.74, 6) is 0.239. The molecule has 1 aromatic rings. The molecule has 3 heteroatoms. The first-order valence-corrected chi connectivity index (χ1v) is 8.17. The Kier molecular flexibility index (Phi) is 3.78. The highest BCUT2D eigenvalue weighted by Gasteiger charge is 2.50. The number of hydrogen-bond acceptors (Lipinski definition) is 2. The lowest BCUT2D eigenvalue weighted by atomic mass is 9.81. The molecule has 1 amide bonds. The zero-order valence-corrected chi connectivity index (χ0v) is 13.4. The minimum atomic E-state index is 0.0570. The summed E-state index contributed by atoms with van der Waals surface area (Å²) in [6, 6.07) is 6.16. The lowest BCUT2D eigenvalue weighted by Gasteiger charge is -2.37. The number of benzene rings is 1. The minimum absolute atomic E-state index is 0.0570. The SMILES string of the molecule is Cc1cccc(C)c1NC(=O)C(C)C12CCCN1CCC2. The second-order valence-electron chi connectivity index (χ2n) is 6.78. The molecular formula is C18H26N2O. The van der Waals surface area contributed by atoms with Crippen molar-refractivity contribution in [3.63, 3.8) is 0 Å². The molecule has 3 nitrogen and oxygen atoms in total. The van der Waals surface area contributed by atoms with Gasteiger partial charge in [0.2, 0.25) is 5.91 Å². The number of para-hydroxylation sites is 1. The van der Waals surface area contributed by atoms with Gasteiger partial charge in [-0.1, -0.05) is 25.1 Å². The van der Waals surface area contributed by atoms with Crippen molar-refractivity contribution < 1.29 is 4.79 Å². The van der Waals surface area contributed by atoms with Gasteiger partial charge in [-0.15, -0.1) is 0 Å². The van der Waals surface area contributed by atoms with Crippen LogP contribution >= 0.6 is 0 Å². The molecule has 2 heterocycles. The molecule has 3 rings (SSSR count). The maximum Gasteiger partial charge on any atom is 0.229 e. The van der Waals surface area contributed by atoms with Crippen LogP contribution in [0.3, 0.4) is 0 Å². The lowest BCUT2D eigenvalue weighted by molar-refractivity contribution is -0.123. The van der Waals surface area contributed by atoms with Crippen LogP contribution in [-0.4, -0.2) is 29.4 Å². The van der Waals surface area contributed by atoms with E-state index in [0.29, 0.717) is 0 Å². The smallest absolute Gasteiger partial charge is 0.229 e. The van der Waals surface area contributed by atoms with Gasteiger partial charge in [-0.3, -0.25) is 9.69 Å². The minimum Gasteiger partial charge on any atom is -0.325 e. The van der Waals surface area contributed by atoms with E-state index in [-0.39, 0.29) is 17.4 Å². The van der Waals surface area contributed by atoms with Crippen LogP contribution in [0.4, 0.5) is 5.69 Å². The maximum atomic E-state index is 12.8. The number of anilines is 1. The van der Waals surface area contributed by atoms with E-state index in [1.807, 2.05) is 6.07 Å². The first-order chi connectivity index (χ1) is 10.0. The van der Waals surface area contributed by atoms with Gasteiger partial charge in [-0.2, -0.15) is 0 Å². The molecule has 0 radical (unpaired) electrons. The average molecular weight is 286 g/mol. The average Bonchev–Trinajstić information content (AvgIpc) is 3.02. The zero-order chi connectivity index (χ0) is 15.0. The van der Waals surface area contributed by atoms with Gasteiger partial charge in [0.25, 0.3) is 0 Å². The van der Waals surface area contributed by atoms with Crippen LogP contribution in [0.1, 0.15) is 43.7 Å². The summed E-state index contributed by atoms with van der Waals surface area (Å²) in [5, 5.41) is 3.20. The van der Waals surface area contributed by atoms with Crippen molar-refractivity contribution in [1.29, 1.82) is 0 Å². The van der Waals surface area contributed by atoms with Crippen molar-refractivity contribution in [2.75, 3.05) is 18.4 Å². The van der Waals surface area contributed by atoms with Crippen molar-refractivity contribution in [3.05, 3.63) is 29.3 Å². The summed E-state index contributed by atoms with van der Waals surface area (Å²) in [7, 11) is 0. The van der Waals surface area contributed by atoms with Gasteiger partial charge in [0.15, 0.2) is 0 Å². The van der Waals surface area contributed by atoms with Crippen LogP contribution in [0.15, 0.2) is 18.2 Å². The molecule has 1 N–H and O–H groups in total. The highest BCUT2D eigenvalue weighted by molar-refractivity contribution is 5.94. The fourth-order valence-corrected chi connectivity index (χ4v) is 4.34. The molecule has 114 valence electrons. The van der Waals surface area contributed by atoms with Crippen LogP contribution in [0.25, 0.3) is 0 Å². The molecule has 2 aliphatic rings. The van der Waals surface area contributed by atoms with Crippen molar-refractivity contribution in [3.8, 4) is 0 Å². The number of fused-ring (bicyclic) bond motifs is 1. The van der Waals surface area contributed by atoms with Gasteiger partial charge in [0.1, 0.15) is 0 Å². The molecule has 0 aliphatic carbocycles. The third-order valence-electron chi connectivity index (χ3n) is 5.63. The quantitative estimate of drug-likeness (QED) is 0.922. The van der Waals surface area contributed by atoms with Gasteiger partial charge in [0.05, 0.1) is 5.92 Å². The van der Waals surface area contributed by atoms with E-state index in [0.717, 1.165) is 16.8 Å². The molecule has 2 aliphatic heterocycles. The fourth-order valence-electron chi connectivity index (χ4n) is 4.34. The summed E-state index contributed by atoms with van der Waals surface area (Å²) in [6.45, 7) is 8.57. The van der Waals surface area contributed by atoms with Crippen LogP contribution < -0.4 is 5.32 Å². The van der Waals surface area contributed by atoms with Gasteiger partial charge < -0.3 is 5.32 Å². The summed E-state index contributed by atoms with van der Waals surface area (Å²) in [5.41, 5.74) is 3.40. The largest absolute Gasteiger partial charge is 0.325 e. The van der Waals surface area contributed by atoms with E-state index in [1.165, 1.54) is 38.8 Å². The van der Waals surface area contributed by atoms with Crippen LogP contribution in [0.5, 0.6) is 0 Å². The van der Waals surface area contributed by atoms with E-state index < -0.39 is 0 Å². The van der Waals surface area contributed by atoms with Gasteiger partial charge in [0, 0.05) is 11.2 Å². The lowest BCUT2D eigenvalue weighted by Crippen LogP contribution is -2.48. The molecule has 0 saturated carbocycles. The number of hydrogen-bond donors (Lipinski definition) is 1. The van der Waals surface area contributed by atoms with E-state index in [1.54, 1.807) is 0 Å².